The van der Waals surface area contributed by atoms with Crippen LogP contribution in [0.3, 0.4) is 0 Å². The van der Waals surface area contributed by atoms with E-state index in [4.69, 9.17) is 5.73 Å². The Morgan fingerprint density at radius 2 is 1.80 bits per heavy atom. The lowest BCUT2D eigenvalue weighted by Crippen LogP contribution is -2.47. The highest BCUT2D eigenvalue weighted by Crippen LogP contribution is 2.21. The Kier molecular flexibility index (Phi) is 5.99. The molecule has 20 heavy (non-hydrogen) atoms. The van der Waals surface area contributed by atoms with Gasteiger partial charge in [-0.25, -0.2) is 0 Å². The van der Waals surface area contributed by atoms with E-state index in [1.54, 1.807) is 6.92 Å². The van der Waals surface area contributed by atoms with Gasteiger partial charge < -0.3 is 16.0 Å². The smallest absolute Gasteiger partial charge is 0.244 e. The summed E-state index contributed by atoms with van der Waals surface area (Å²) < 4.78 is 0. The number of nitrogens with zero attached hydrogens (tertiary/aromatic N) is 1. The summed E-state index contributed by atoms with van der Waals surface area (Å²) >= 11 is 0. The van der Waals surface area contributed by atoms with E-state index < -0.39 is 6.04 Å². The van der Waals surface area contributed by atoms with Crippen molar-refractivity contribution in [2.75, 3.05) is 13.1 Å². The first-order valence-electron chi connectivity index (χ1n) is 7.53. The van der Waals surface area contributed by atoms with Gasteiger partial charge in [0.1, 0.15) is 6.04 Å². The fourth-order valence-electron chi connectivity index (χ4n) is 2.67. The number of carbonyl (C=O) groups excluding carboxylic acids is 2. The van der Waals surface area contributed by atoms with Crippen LogP contribution in [0.5, 0.6) is 0 Å². The third kappa shape index (κ3) is 5.90. The lowest BCUT2D eigenvalue weighted by atomic mass is 9.87. The maximum absolute atomic E-state index is 12.1. The Balaban J connectivity index is 2.35. The summed E-state index contributed by atoms with van der Waals surface area (Å²) in [6.45, 7) is 9.66. The first kappa shape index (κ1) is 17.0. The van der Waals surface area contributed by atoms with E-state index in [1.165, 1.54) is 0 Å². The van der Waals surface area contributed by atoms with Gasteiger partial charge in [-0.2, -0.15) is 0 Å². The molecule has 1 rings (SSSR count). The first-order chi connectivity index (χ1) is 9.19. The number of likely N-dealkylation sites (tertiary alicyclic amines) is 1. The summed E-state index contributed by atoms with van der Waals surface area (Å²) in [5.41, 5.74) is 6.09. The third-order valence-electron chi connectivity index (χ3n) is 3.49. The number of rotatable bonds is 5. The zero-order valence-corrected chi connectivity index (χ0v) is 13.2. The highest BCUT2D eigenvalue weighted by Gasteiger charge is 2.25. The number of hydrogen-bond acceptors (Lipinski definition) is 3. The van der Waals surface area contributed by atoms with E-state index in [0.717, 1.165) is 32.4 Å². The molecule has 1 saturated heterocycles. The summed E-state index contributed by atoms with van der Waals surface area (Å²) in [7, 11) is 0. The van der Waals surface area contributed by atoms with E-state index >= 15 is 0 Å². The van der Waals surface area contributed by atoms with Crippen molar-refractivity contribution in [3.63, 3.8) is 0 Å². The summed E-state index contributed by atoms with van der Waals surface area (Å²) in [6, 6.07) is -0.619. The number of nitrogens with two attached hydrogens (primary N) is 1. The van der Waals surface area contributed by atoms with Gasteiger partial charge in [0, 0.05) is 25.6 Å². The van der Waals surface area contributed by atoms with E-state index in [1.807, 2.05) is 4.90 Å². The molecule has 2 unspecified atom stereocenters. The van der Waals surface area contributed by atoms with Crippen LogP contribution in [0.4, 0.5) is 0 Å². The van der Waals surface area contributed by atoms with Crippen LogP contribution < -0.4 is 11.1 Å². The van der Waals surface area contributed by atoms with Crippen molar-refractivity contribution in [2.45, 2.75) is 65.5 Å². The van der Waals surface area contributed by atoms with Crippen LogP contribution in [0.1, 0.15) is 53.4 Å². The van der Waals surface area contributed by atoms with Crippen LogP contribution in [0.2, 0.25) is 0 Å². The van der Waals surface area contributed by atoms with Gasteiger partial charge in [-0.05, 0) is 31.6 Å². The Morgan fingerprint density at radius 1 is 1.25 bits per heavy atom. The summed E-state index contributed by atoms with van der Waals surface area (Å²) in [6.07, 6.45) is 3.18. The van der Waals surface area contributed by atoms with Crippen LogP contribution in [0.25, 0.3) is 0 Å². The Labute approximate surface area is 122 Å². The molecule has 1 heterocycles. The van der Waals surface area contributed by atoms with Crippen molar-refractivity contribution < 1.29 is 9.59 Å². The molecule has 0 aromatic heterocycles. The molecule has 5 heteroatoms. The number of nitrogens with one attached hydrogen (secondary N) is 1. The van der Waals surface area contributed by atoms with E-state index in [-0.39, 0.29) is 29.7 Å². The topological polar surface area (TPSA) is 75.4 Å². The Hall–Kier alpha value is -1.10. The zero-order valence-electron chi connectivity index (χ0n) is 13.2. The molecule has 0 bridgehead atoms. The minimum atomic E-state index is -0.456. The molecule has 3 N–H and O–H groups in total. The second kappa shape index (κ2) is 7.07. The molecular weight excluding hydrogens is 254 g/mol. The van der Waals surface area contributed by atoms with Gasteiger partial charge in [-0.1, -0.05) is 20.8 Å². The van der Waals surface area contributed by atoms with Crippen LogP contribution in [-0.4, -0.2) is 41.9 Å². The third-order valence-corrected chi connectivity index (χ3v) is 3.49. The maximum Gasteiger partial charge on any atom is 0.244 e. The van der Waals surface area contributed by atoms with Crippen molar-refractivity contribution in [1.82, 2.24) is 10.2 Å². The molecule has 0 saturated carbocycles. The highest BCUT2D eigenvalue weighted by molar-refractivity contribution is 5.87. The van der Waals surface area contributed by atoms with Gasteiger partial charge in [0.05, 0.1) is 0 Å². The molecule has 2 amide bonds. The van der Waals surface area contributed by atoms with Crippen LogP contribution in [0, 0.1) is 5.41 Å². The summed E-state index contributed by atoms with van der Waals surface area (Å²) in [5, 5.41) is 2.76. The molecule has 0 radical (unpaired) electrons. The normalized spacial score (nSPS) is 18.8. The molecule has 0 aromatic rings. The summed E-state index contributed by atoms with van der Waals surface area (Å²) in [4.78, 5) is 25.8. The predicted octanol–water partition coefficient (Wildman–Crippen LogP) is 1.27. The molecule has 116 valence electrons. The average Bonchev–Trinajstić information content (AvgIpc) is 2.77. The average molecular weight is 283 g/mol. The van der Waals surface area contributed by atoms with Crippen LogP contribution in [-0.2, 0) is 9.59 Å². The van der Waals surface area contributed by atoms with Crippen molar-refractivity contribution in [2.24, 2.45) is 11.1 Å². The molecule has 5 nitrogen and oxygen atoms in total. The number of carbonyl (C=O) groups is 2. The Bertz CT molecular complexity index is 344. The van der Waals surface area contributed by atoms with E-state index in [2.05, 4.69) is 26.1 Å². The monoisotopic (exact) mass is 283 g/mol. The molecule has 0 spiro atoms. The lowest BCUT2D eigenvalue weighted by molar-refractivity contribution is -0.135. The van der Waals surface area contributed by atoms with Crippen LogP contribution >= 0.6 is 0 Å². The molecule has 1 fully saturated rings. The quantitative estimate of drug-likeness (QED) is 0.798. The van der Waals surface area contributed by atoms with Gasteiger partial charge in [0.25, 0.3) is 0 Å². The molecule has 2 atom stereocenters. The molecular formula is C15H29N3O2. The first-order valence-corrected chi connectivity index (χ1v) is 7.53. The maximum atomic E-state index is 12.1. The molecule has 0 aromatic carbocycles. The second-order valence-electron chi connectivity index (χ2n) is 7.05. The second-order valence-corrected chi connectivity index (χ2v) is 7.05. The van der Waals surface area contributed by atoms with Gasteiger partial charge in [-0.3, -0.25) is 9.59 Å². The summed E-state index contributed by atoms with van der Waals surface area (Å²) in [5.74, 6) is -0.123. The van der Waals surface area contributed by atoms with Gasteiger partial charge in [-0.15, -0.1) is 0 Å². The highest BCUT2D eigenvalue weighted by atomic mass is 16.2. The zero-order chi connectivity index (χ0) is 15.3. The van der Waals surface area contributed by atoms with E-state index in [0.29, 0.717) is 0 Å². The Morgan fingerprint density at radius 3 is 2.30 bits per heavy atom. The van der Waals surface area contributed by atoms with Crippen LogP contribution in [0.15, 0.2) is 0 Å². The van der Waals surface area contributed by atoms with Gasteiger partial charge in [0.15, 0.2) is 0 Å². The fraction of sp³-hybridized carbons (Fsp3) is 0.867. The van der Waals surface area contributed by atoms with Crippen molar-refractivity contribution in [3.8, 4) is 0 Å². The fourth-order valence-corrected chi connectivity index (χ4v) is 2.67. The molecule has 0 aliphatic carbocycles. The standard InChI is InChI=1S/C15H29N3O2/c1-11(14(20)18-7-5-6-8-18)17-13(19)9-12(16)10-15(2,3)4/h11-12H,5-10,16H2,1-4H3,(H,17,19). The lowest BCUT2D eigenvalue weighted by Gasteiger charge is -2.24. The largest absolute Gasteiger partial charge is 0.345 e. The van der Waals surface area contributed by atoms with Gasteiger partial charge in [0.2, 0.25) is 11.8 Å². The molecule has 1 aliphatic rings. The minimum absolute atomic E-state index is 0.0141. The van der Waals surface area contributed by atoms with Crippen molar-refractivity contribution in [3.05, 3.63) is 0 Å². The number of amides is 2. The van der Waals surface area contributed by atoms with Crippen molar-refractivity contribution >= 4 is 11.8 Å². The molecule has 1 aliphatic heterocycles. The minimum Gasteiger partial charge on any atom is -0.345 e. The predicted molar refractivity (Wildman–Crippen MR) is 80.1 cm³/mol. The van der Waals surface area contributed by atoms with Crippen molar-refractivity contribution in [1.29, 1.82) is 0 Å². The number of hydrogen-bond donors (Lipinski definition) is 2. The van der Waals surface area contributed by atoms with Gasteiger partial charge >= 0.3 is 0 Å². The SMILES string of the molecule is CC(NC(=O)CC(N)CC(C)(C)C)C(=O)N1CCCC1. The van der Waals surface area contributed by atoms with E-state index in [9.17, 15) is 9.59 Å².